The van der Waals surface area contributed by atoms with Gasteiger partial charge >= 0.3 is 118 Å². The predicted octanol–water partition coefficient (Wildman–Crippen LogP) is -0.913. The van der Waals surface area contributed by atoms with Crippen molar-refractivity contribution in [3.05, 3.63) is 0 Å². The minimum absolute atomic E-state index is 0.0385. The molecule has 0 saturated carbocycles. The van der Waals surface area contributed by atoms with E-state index >= 15 is 0 Å². The third-order valence-electron chi connectivity index (χ3n) is 2.12. The van der Waals surface area contributed by atoms with Gasteiger partial charge in [0.05, 0.1) is 0 Å². The predicted molar refractivity (Wildman–Crippen MR) is 72.5 cm³/mol. The van der Waals surface area contributed by atoms with Crippen LogP contribution in [-0.4, -0.2) is 65.9 Å². The number of hydrogen-bond donors (Lipinski definition) is 4. The Bertz CT molecular complexity index is 314. The molecule has 0 bridgehead atoms. The van der Waals surface area contributed by atoms with Crippen molar-refractivity contribution in [1.29, 1.82) is 0 Å². The van der Waals surface area contributed by atoms with Crippen LogP contribution in [0.4, 0.5) is 0 Å². The summed E-state index contributed by atoms with van der Waals surface area (Å²) < 4.78 is 0.0385. The molecule has 0 fully saturated rings. The van der Waals surface area contributed by atoms with Gasteiger partial charge in [0.2, 0.25) is 0 Å². The number of thioether (sulfide) groups is 1. The van der Waals surface area contributed by atoms with Crippen molar-refractivity contribution in [2.75, 3.05) is 11.5 Å². The summed E-state index contributed by atoms with van der Waals surface area (Å²) in [6.45, 7) is 1.67. The number of carbonyl (C=O) groups excluding carboxylic acids is 1. The van der Waals surface area contributed by atoms with Gasteiger partial charge in [-0.15, -0.1) is 0 Å². The molecule has 0 aliphatic heterocycles. The second-order valence-corrected chi connectivity index (χ2v) is 5.65. The van der Waals surface area contributed by atoms with Gasteiger partial charge in [-0.3, -0.25) is 0 Å². The van der Waals surface area contributed by atoms with Crippen molar-refractivity contribution in [3.63, 3.8) is 0 Å². The maximum absolute atomic E-state index is 11.1. The van der Waals surface area contributed by atoms with Gasteiger partial charge in [-0.25, -0.2) is 0 Å². The van der Waals surface area contributed by atoms with Crippen LogP contribution in [0.1, 0.15) is 19.8 Å². The number of hydrogen-bond acceptors (Lipinski definition) is 5. The molecule has 0 spiro atoms. The Morgan fingerprint density at radius 3 is 2.50 bits per heavy atom. The molecule has 8 heteroatoms. The molecule has 0 aromatic heterocycles. The third-order valence-corrected chi connectivity index (χ3v) is 3.87. The Labute approximate surface area is 118 Å². The number of carbonyl (C=O) groups is 2. The summed E-state index contributed by atoms with van der Waals surface area (Å²) >= 11 is 3.85. The molecule has 0 saturated heterocycles. The number of amides is 1. The molecular weight excluding hydrogens is 323 g/mol. The van der Waals surface area contributed by atoms with E-state index in [1.807, 2.05) is 0 Å². The van der Waals surface area contributed by atoms with Gasteiger partial charge in [0.1, 0.15) is 0 Å². The molecule has 104 valence electrons. The topological polar surface area (TPSA) is 113 Å². The van der Waals surface area contributed by atoms with Crippen molar-refractivity contribution < 1.29 is 19.8 Å². The summed E-state index contributed by atoms with van der Waals surface area (Å²) in [6, 6.07) is -1.32. The monoisotopic (exact) mass is 342 g/mol. The van der Waals surface area contributed by atoms with E-state index in [4.69, 9.17) is 15.9 Å². The molecule has 5 N–H and O–H groups in total. The molecule has 0 rings (SSSR count). The zero-order valence-electron chi connectivity index (χ0n) is 10.1. The molecule has 0 heterocycles. The fraction of sp³-hybridized carbons (Fsp3) is 0.700. The van der Waals surface area contributed by atoms with Gasteiger partial charge in [-0.2, -0.15) is 0 Å². The molecule has 0 aliphatic carbocycles. The molecule has 18 heavy (non-hydrogen) atoms. The summed E-state index contributed by atoms with van der Waals surface area (Å²) in [5.41, 5.74) is 5.57. The number of nitrogens with one attached hydrogen (secondary N) is 1. The molecule has 1 amide bonds. The van der Waals surface area contributed by atoms with E-state index < -0.39 is 18.1 Å². The van der Waals surface area contributed by atoms with Crippen LogP contribution in [0.3, 0.4) is 0 Å². The molecule has 6 nitrogen and oxygen atoms in total. The minimum atomic E-state index is -1.04. The maximum atomic E-state index is 11.1. The number of carboxylic acids is 1. The van der Waals surface area contributed by atoms with Gasteiger partial charge in [-0.1, -0.05) is 0 Å². The van der Waals surface area contributed by atoms with E-state index in [0.717, 1.165) is 0 Å². The fourth-order valence-electron chi connectivity index (χ4n) is 1.04. The molecule has 0 aromatic carbocycles. The van der Waals surface area contributed by atoms with Crippen molar-refractivity contribution in [1.82, 2.24) is 5.32 Å². The standard InChI is InChI=1S/C10H18N2O4SSe/c1-2-8(13)12-7(9(14)15)3-4-17-5-6(11)10(16)18/h6-7H,2-5,11H2,1H3,(H,12,13)(H,14,15)(H,16,18)/t6-,7-/m0/s1. The molecular formula is C10H18N2O4SSe. The zero-order valence-corrected chi connectivity index (χ0v) is 12.6. The Hall–Kier alpha value is -0.561. The van der Waals surface area contributed by atoms with Crippen LogP contribution in [0.25, 0.3) is 0 Å². The first-order chi connectivity index (χ1) is 8.38. The van der Waals surface area contributed by atoms with Crippen LogP contribution in [0.5, 0.6) is 0 Å². The summed E-state index contributed by atoms with van der Waals surface area (Å²) in [7, 11) is 0. The number of carboxylic acid groups (broad SMARTS) is 1. The summed E-state index contributed by atoms with van der Waals surface area (Å²) in [4.78, 5) is 22.0. The first kappa shape index (κ1) is 17.4. The van der Waals surface area contributed by atoms with Gasteiger partial charge in [0.25, 0.3) is 0 Å². The second-order valence-electron chi connectivity index (χ2n) is 3.62. The van der Waals surface area contributed by atoms with Crippen LogP contribution >= 0.6 is 11.8 Å². The number of aliphatic carboxylic acids is 1. The molecule has 0 radical (unpaired) electrons. The van der Waals surface area contributed by atoms with E-state index in [-0.39, 0.29) is 16.9 Å². The first-order valence-corrected chi connectivity index (χ1v) is 7.47. The van der Waals surface area contributed by atoms with E-state index in [1.54, 1.807) is 6.92 Å². The average molecular weight is 341 g/mol. The van der Waals surface area contributed by atoms with Crippen molar-refractivity contribution in [3.8, 4) is 0 Å². The summed E-state index contributed by atoms with van der Waals surface area (Å²) in [5, 5.41) is 20.4. The van der Waals surface area contributed by atoms with Crippen LogP contribution in [0, 0.1) is 0 Å². The Morgan fingerprint density at radius 2 is 2.06 bits per heavy atom. The second kappa shape index (κ2) is 9.38. The quantitative estimate of drug-likeness (QED) is 0.319. The van der Waals surface area contributed by atoms with E-state index in [0.29, 0.717) is 17.9 Å². The van der Waals surface area contributed by atoms with Gasteiger partial charge < -0.3 is 0 Å². The SMILES string of the molecule is CCC(=O)N[C@@H](CCSC[C@H](N)C(O)=[Se])C(=O)O. The van der Waals surface area contributed by atoms with Crippen molar-refractivity contribution in [2.24, 2.45) is 5.73 Å². The zero-order chi connectivity index (χ0) is 14.1. The summed E-state index contributed by atoms with van der Waals surface area (Å²) in [5.74, 6) is -0.285. The van der Waals surface area contributed by atoms with E-state index in [1.165, 1.54) is 11.8 Å². The molecule has 2 atom stereocenters. The number of aliphatic hydroxyl groups is 1. The van der Waals surface area contributed by atoms with Crippen LogP contribution in [0.15, 0.2) is 0 Å². The average Bonchev–Trinajstić information content (AvgIpc) is 2.31. The van der Waals surface area contributed by atoms with Crippen LogP contribution in [-0.2, 0) is 9.59 Å². The van der Waals surface area contributed by atoms with E-state index in [9.17, 15) is 9.59 Å². The Balaban J connectivity index is 3.95. The number of nitrogens with two attached hydrogens (primary N) is 1. The van der Waals surface area contributed by atoms with Crippen molar-refractivity contribution in [2.45, 2.75) is 31.8 Å². The fourth-order valence-corrected chi connectivity index (χ4v) is 2.43. The molecule has 0 aromatic rings. The Kier molecular flexibility index (Phi) is 9.09. The number of rotatable bonds is 9. The summed E-state index contributed by atoms with van der Waals surface area (Å²) in [6.07, 6.45) is 0.586. The normalized spacial score (nSPS) is 13.7. The van der Waals surface area contributed by atoms with Crippen LogP contribution < -0.4 is 11.1 Å². The first-order valence-electron chi connectivity index (χ1n) is 5.46. The van der Waals surface area contributed by atoms with Gasteiger partial charge in [-0.05, 0) is 0 Å². The molecule has 0 aliphatic rings. The van der Waals surface area contributed by atoms with Crippen LogP contribution in [0.2, 0.25) is 0 Å². The van der Waals surface area contributed by atoms with E-state index in [2.05, 4.69) is 20.9 Å². The Morgan fingerprint density at radius 1 is 1.44 bits per heavy atom. The van der Waals surface area contributed by atoms with Crippen molar-refractivity contribution >= 4 is 43.8 Å². The molecule has 0 unspecified atom stereocenters. The third kappa shape index (κ3) is 7.71. The number of aliphatic hydroxyl groups excluding tert-OH is 1. The van der Waals surface area contributed by atoms with Gasteiger partial charge in [0.15, 0.2) is 0 Å². The van der Waals surface area contributed by atoms with Gasteiger partial charge in [0, 0.05) is 0 Å².